The van der Waals surface area contributed by atoms with Crippen molar-refractivity contribution in [3.05, 3.63) is 90.1 Å². The van der Waals surface area contributed by atoms with Crippen molar-refractivity contribution < 1.29 is 17.5 Å². The summed E-state index contributed by atoms with van der Waals surface area (Å²) >= 11 is 6.17. The molecule has 3 aromatic carbocycles. The maximum atomic E-state index is 8.74. The smallest absolute Gasteiger partial charge is 0.324 e. The Morgan fingerprint density at radius 2 is 1.46 bits per heavy atom. The second-order valence-corrected chi connectivity index (χ2v) is 9.26. The number of rotatable bonds is 6. The number of fused-ring (bicyclic) bond motifs is 3. The number of hydrogen-bond donors (Lipinski definition) is 3. The van der Waals surface area contributed by atoms with Crippen LogP contribution in [0.15, 0.2) is 85.1 Å². The van der Waals surface area contributed by atoms with E-state index in [1.165, 1.54) is 38.9 Å². The van der Waals surface area contributed by atoms with Crippen molar-refractivity contribution in [3.63, 3.8) is 0 Å². The highest BCUT2D eigenvalue weighted by Gasteiger charge is 2.21. The lowest BCUT2D eigenvalue weighted by Crippen LogP contribution is -2.19. The molecule has 5 rings (SSSR count). The van der Waals surface area contributed by atoms with Crippen LogP contribution in [-0.2, 0) is 16.9 Å². The number of benzene rings is 3. The fourth-order valence-electron chi connectivity index (χ4n) is 4.29. The minimum atomic E-state index is -4.67. The molecule has 5 aromatic rings. The van der Waals surface area contributed by atoms with E-state index in [2.05, 4.69) is 94.1 Å². The molecule has 9 heteroatoms. The molecule has 2 heterocycles. The lowest BCUT2D eigenvalue weighted by atomic mass is 9.98. The van der Waals surface area contributed by atoms with Crippen LogP contribution in [0.2, 0.25) is 5.02 Å². The van der Waals surface area contributed by atoms with Crippen LogP contribution >= 0.6 is 11.6 Å². The van der Waals surface area contributed by atoms with Crippen molar-refractivity contribution in [1.82, 2.24) is 14.3 Å². The van der Waals surface area contributed by atoms with Crippen LogP contribution in [0.4, 0.5) is 0 Å². The van der Waals surface area contributed by atoms with Crippen molar-refractivity contribution >= 4 is 38.7 Å². The SMILES string of the molecule is CCNCCn1c2ccccc2n2cc(-c3ccc(Cl)cc3)c(-c3ccccc3)c12.O=S(=O)(O)O. The van der Waals surface area contributed by atoms with Crippen LogP contribution in [0.3, 0.4) is 0 Å². The Kier molecular flexibility index (Phi) is 7.59. The third kappa shape index (κ3) is 5.75. The summed E-state index contributed by atoms with van der Waals surface area (Å²) < 4.78 is 36.4. The third-order valence-corrected chi connectivity index (χ3v) is 5.90. The molecular formula is C26H26ClN3O4S. The Labute approximate surface area is 209 Å². The van der Waals surface area contributed by atoms with Crippen LogP contribution in [0.25, 0.3) is 38.9 Å². The second-order valence-electron chi connectivity index (χ2n) is 7.93. The van der Waals surface area contributed by atoms with Gasteiger partial charge < -0.3 is 9.88 Å². The van der Waals surface area contributed by atoms with Gasteiger partial charge in [-0.2, -0.15) is 8.42 Å². The zero-order valence-electron chi connectivity index (χ0n) is 19.1. The molecule has 0 aliphatic heterocycles. The molecule has 0 saturated heterocycles. The molecule has 0 unspecified atom stereocenters. The van der Waals surface area contributed by atoms with E-state index >= 15 is 0 Å². The quantitative estimate of drug-likeness (QED) is 0.197. The molecule has 0 spiro atoms. The molecule has 7 nitrogen and oxygen atoms in total. The monoisotopic (exact) mass is 511 g/mol. The molecule has 3 N–H and O–H groups in total. The number of para-hydroxylation sites is 2. The maximum absolute atomic E-state index is 8.74. The van der Waals surface area contributed by atoms with Crippen molar-refractivity contribution in [3.8, 4) is 22.3 Å². The molecule has 0 bridgehead atoms. The van der Waals surface area contributed by atoms with Crippen molar-refractivity contribution in [2.75, 3.05) is 13.1 Å². The zero-order chi connectivity index (χ0) is 25.0. The number of hydrogen-bond acceptors (Lipinski definition) is 3. The Morgan fingerprint density at radius 1 is 0.857 bits per heavy atom. The first-order valence-corrected chi connectivity index (χ1v) is 12.9. The van der Waals surface area contributed by atoms with Gasteiger partial charge in [0, 0.05) is 35.4 Å². The van der Waals surface area contributed by atoms with Crippen LogP contribution in [0.5, 0.6) is 0 Å². The number of halogens is 1. The topological polar surface area (TPSA) is 96.0 Å². The lowest BCUT2D eigenvalue weighted by Gasteiger charge is -2.11. The summed E-state index contributed by atoms with van der Waals surface area (Å²) in [7, 11) is -4.67. The fraction of sp³-hybridized carbons (Fsp3) is 0.154. The van der Waals surface area contributed by atoms with Crippen LogP contribution < -0.4 is 5.32 Å². The lowest BCUT2D eigenvalue weighted by molar-refractivity contribution is 0.381. The largest absolute Gasteiger partial charge is 0.394 e. The number of nitrogens with one attached hydrogen (secondary N) is 1. The Morgan fingerprint density at radius 3 is 2.09 bits per heavy atom. The minimum absolute atomic E-state index is 0.754. The molecule has 35 heavy (non-hydrogen) atoms. The molecule has 0 aliphatic rings. The number of nitrogens with zero attached hydrogens (tertiary/aromatic N) is 2. The van der Waals surface area contributed by atoms with E-state index in [0.29, 0.717) is 0 Å². The van der Waals surface area contributed by atoms with E-state index in [0.717, 1.165) is 24.7 Å². The number of aromatic nitrogens is 2. The molecule has 0 aliphatic carbocycles. The normalized spacial score (nSPS) is 11.5. The summed E-state index contributed by atoms with van der Waals surface area (Å²) in [5.74, 6) is 0. The summed E-state index contributed by atoms with van der Waals surface area (Å²) in [6.45, 7) is 4.96. The predicted octanol–water partition coefficient (Wildman–Crippen LogP) is 5.84. The highest BCUT2D eigenvalue weighted by Crippen LogP contribution is 2.40. The summed E-state index contributed by atoms with van der Waals surface area (Å²) in [4.78, 5) is 0. The molecule has 182 valence electrons. The molecule has 2 aromatic heterocycles. The third-order valence-electron chi connectivity index (χ3n) is 5.65. The Balaban J connectivity index is 0.000000527. The highest BCUT2D eigenvalue weighted by molar-refractivity contribution is 7.79. The molecule has 0 radical (unpaired) electrons. The van der Waals surface area contributed by atoms with Gasteiger partial charge in [-0.15, -0.1) is 0 Å². The first-order valence-electron chi connectivity index (χ1n) is 11.1. The summed E-state index contributed by atoms with van der Waals surface area (Å²) in [6, 6.07) is 27.5. The van der Waals surface area contributed by atoms with Crippen LogP contribution in [0, 0.1) is 0 Å². The first-order chi connectivity index (χ1) is 16.8. The van der Waals surface area contributed by atoms with Gasteiger partial charge in [-0.3, -0.25) is 13.5 Å². The second kappa shape index (κ2) is 10.6. The van der Waals surface area contributed by atoms with Crippen molar-refractivity contribution in [2.45, 2.75) is 13.5 Å². The van der Waals surface area contributed by atoms with E-state index < -0.39 is 10.4 Å². The molecule has 0 amide bonds. The number of likely N-dealkylation sites (N-methyl/N-ethyl adjacent to an activating group) is 1. The van der Waals surface area contributed by atoms with Gasteiger partial charge in [0.2, 0.25) is 0 Å². The van der Waals surface area contributed by atoms with Gasteiger partial charge in [0.25, 0.3) is 0 Å². The average Bonchev–Trinajstić information content (AvgIpc) is 3.35. The number of imidazole rings is 1. The summed E-state index contributed by atoms with van der Waals surface area (Å²) in [5.41, 5.74) is 8.57. The summed E-state index contributed by atoms with van der Waals surface area (Å²) in [5, 5.41) is 4.23. The van der Waals surface area contributed by atoms with E-state index in [-0.39, 0.29) is 0 Å². The van der Waals surface area contributed by atoms with Gasteiger partial charge in [0.05, 0.1) is 11.0 Å². The Hall–Kier alpha value is -3.14. The fourth-order valence-corrected chi connectivity index (χ4v) is 4.41. The van der Waals surface area contributed by atoms with Gasteiger partial charge in [0.15, 0.2) is 0 Å². The molecular weight excluding hydrogens is 486 g/mol. The maximum Gasteiger partial charge on any atom is 0.394 e. The predicted molar refractivity (Wildman–Crippen MR) is 141 cm³/mol. The van der Waals surface area contributed by atoms with E-state index in [1.807, 2.05) is 12.1 Å². The van der Waals surface area contributed by atoms with Crippen molar-refractivity contribution in [2.24, 2.45) is 0 Å². The van der Waals surface area contributed by atoms with Gasteiger partial charge in [-0.1, -0.05) is 73.1 Å². The van der Waals surface area contributed by atoms with E-state index in [1.54, 1.807) is 0 Å². The van der Waals surface area contributed by atoms with E-state index in [4.69, 9.17) is 29.1 Å². The van der Waals surface area contributed by atoms with Crippen LogP contribution in [0.1, 0.15) is 6.92 Å². The van der Waals surface area contributed by atoms with Gasteiger partial charge >= 0.3 is 10.4 Å². The zero-order valence-corrected chi connectivity index (χ0v) is 20.7. The van der Waals surface area contributed by atoms with Gasteiger partial charge in [0.1, 0.15) is 5.65 Å². The average molecular weight is 512 g/mol. The Bertz CT molecular complexity index is 1530. The van der Waals surface area contributed by atoms with Crippen molar-refractivity contribution in [1.29, 1.82) is 0 Å². The molecule has 0 saturated carbocycles. The van der Waals surface area contributed by atoms with Crippen LogP contribution in [-0.4, -0.2) is 39.6 Å². The first kappa shape index (κ1) is 25.0. The molecule has 0 atom stereocenters. The summed E-state index contributed by atoms with van der Waals surface area (Å²) in [6.07, 6.45) is 2.27. The molecule has 0 fully saturated rings. The van der Waals surface area contributed by atoms with Gasteiger partial charge in [-0.05, 0) is 41.9 Å². The minimum Gasteiger partial charge on any atom is -0.324 e. The van der Waals surface area contributed by atoms with Gasteiger partial charge in [-0.25, -0.2) is 0 Å². The standard InChI is InChI=1S/C26H24ClN3.H2O4S/c1-2-28-16-17-29-23-10-6-7-11-24(23)30-18-22(19-12-14-21(27)15-13-19)25(26(29)30)20-8-4-3-5-9-20;1-5(2,3)4/h3-15,18,28H,2,16-17H2,1H3;(H2,1,2,3,4). The highest BCUT2D eigenvalue weighted by atomic mass is 35.5. The van der Waals surface area contributed by atoms with E-state index in [9.17, 15) is 0 Å².